The Bertz CT molecular complexity index is 389. The minimum atomic E-state index is -0.0781. The molecule has 0 aliphatic heterocycles. The number of ether oxygens (including phenoxy) is 1. The SMILES string of the molecule is CC(C)NC(=O)CCOc1ccccc1C(C)N. The molecule has 0 radical (unpaired) electrons. The van der Waals surface area contributed by atoms with Gasteiger partial charge in [-0.2, -0.15) is 0 Å². The number of carbonyl (C=O) groups excluding carboxylic acids is 1. The van der Waals surface area contributed by atoms with Crippen LogP contribution in [-0.2, 0) is 4.79 Å². The molecule has 4 nitrogen and oxygen atoms in total. The molecule has 0 spiro atoms. The molecule has 0 aliphatic carbocycles. The van der Waals surface area contributed by atoms with E-state index >= 15 is 0 Å². The van der Waals surface area contributed by atoms with Gasteiger partial charge in [-0.15, -0.1) is 0 Å². The van der Waals surface area contributed by atoms with Crippen LogP contribution in [0.2, 0.25) is 0 Å². The highest BCUT2D eigenvalue weighted by Gasteiger charge is 2.08. The standard InChI is InChI=1S/C14H22N2O2/c1-10(2)16-14(17)8-9-18-13-7-5-4-6-12(13)11(3)15/h4-7,10-11H,8-9,15H2,1-3H3,(H,16,17). The van der Waals surface area contributed by atoms with Crippen molar-refractivity contribution in [2.24, 2.45) is 5.73 Å². The molecule has 1 rings (SSSR count). The monoisotopic (exact) mass is 250 g/mol. The zero-order chi connectivity index (χ0) is 13.5. The fraction of sp³-hybridized carbons (Fsp3) is 0.500. The van der Waals surface area contributed by atoms with E-state index in [2.05, 4.69) is 5.32 Å². The zero-order valence-electron chi connectivity index (χ0n) is 11.3. The van der Waals surface area contributed by atoms with Crippen molar-refractivity contribution in [3.05, 3.63) is 29.8 Å². The largest absolute Gasteiger partial charge is 0.493 e. The number of carbonyl (C=O) groups is 1. The van der Waals surface area contributed by atoms with Gasteiger partial charge in [0.1, 0.15) is 5.75 Å². The van der Waals surface area contributed by atoms with Crippen molar-refractivity contribution < 1.29 is 9.53 Å². The van der Waals surface area contributed by atoms with Gasteiger partial charge >= 0.3 is 0 Å². The fourth-order valence-corrected chi connectivity index (χ4v) is 1.64. The van der Waals surface area contributed by atoms with Crippen LogP contribution in [-0.4, -0.2) is 18.6 Å². The number of nitrogens with two attached hydrogens (primary N) is 1. The Kier molecular flexibility index (Phi) is 5.65. The van der Waals surface area contributed by atoms with Gasteiger partial charge in [-0.3, -0.25) is 4.79 Å². The Morgan fingerprint density at radius 1 is 1.33 bits per heavy atom. The Balaban J connectivity index is 2.46. The third-order valence-electron chi connectivity index (χ3n) is 2.45. The van der Waals surface area contributed by atoms with Gasteiger partial charge in [0.2, 0.25) is 5.91 Å². The van der Waals surface area contributed by atoms with Crippen molar-refractivity contribution >= 4 is 5.91 Å². The topological polar surface area (TPSA) is 64.3 Å². The second-order valence-electron chi connectivity index (χ2n) is 4.65. The van der Waals surface area contributed by atoms with Crippen LogP contribution in [0, 0.1) is 0 Å². The van der Waals surface area contributed by atoms with E-state index in [9.17, 15) is 4.79 Å². The summed E-state index contributed by atoms with van der Waals surface area (Å²) in [5.41, 5.74) is 6.81. The smallest absolute Gasteiger partial charge is 0.223 e. The molecule has 1 unspecified atom stereocenters. The van der Waals surface area contributed by atoms with Gasteiger partial charge in [0.25, 0.3) is 0 Å². The summed E-state index contributed by atoms with van der Waals surface area (Å²) in [5.74, 6) is 0.758. The molecule has 0 aliphatic rings. The van der Waals surface area contributed by atoms with Gasteiger partial charge < -0.3 is 15.8 Å². The maximum atomic E-state index is 11.4. The van der Waals surface area contributed by atoms with Gasteiger partial charge in [0.15, 0.2) is 0 Å². The average Bonchev–Trinajstić information content (AvgIpc) is 2.28. The van der Waals surface area contributed by atoms with Crippen molar-refractivity contribution in [1.29, 1.82) is 0 Å². The van der Waals surface area contributed by atoms with Crippen LogP contribution in [0.3, 0.4) is 0 Å². The number of rotatable bonds is 6. The summed E-state index contributed by atoms with van der Waals surface area (Å²) in [6.45, 7) is 6.14. The van der Waals surface area contributed by atoms with E-state index in [0.717, 1.165) is 11.3 Å². The molecule has 18 heavy (non-hydrogen) atoms. The summed E-state index contributed by atoms with van der Waals surface area (Å²) in [6.07, 6.45) is 0.353. The van der Waals surface area contributed by atoms with Crippen molar-refractivity contribution in [1.82, 2.24) is 5.32 Å². The Morgan fingerprint density at radius 3 is 2.61 bits per heavy atom. The van der Waals surface area contributed by atoms with Gasteiger partial charge in [-0.05, 0) is 26.8 Å². The zero-order valence-corrected chi connectivity index (χ0v) is 11.3. The maximum absolute atomic E-state index is 11.4. The highest BCUT2D eigenvalue weighted by molar-refractivity contribution is 5.76. The number of benzene rings is 1. The number of para-hydroxylation sites is 1. The van der Waals surface area contributed by atoms with Crippen LogP contribution in [0.4, 0.5) is 0 Å². The summed E-state index contributed by atoms with van der Waals surface area (Å²) >= 11 is 0. The summed E-state index contributed by atoms with van der Waals surface area (Å²) in [6, 6.07) is 7.72. The fourth-order valence-electron chi connectivity index (χ4n) is 1.64. The molecular formula is C14H22N2O2. The van der Waals surface area contributed by atoms with Crippen LogP contribution < -0.4 is 15.8 Å². The lowest BCUT2D eigenvalue weighted by Gasteiger charge is -2.14. The van der Waals surface area contributed by atoms with Crippen molar-refractivity contribution in [2.75, 3.05) is 6.61 Å². The van der Waals surface area contributed by atoms with Crippen LogP contribution in [0.15, 0.2) is 24.3 Å². The molecule has 1 atom stereocenters. The average molecular weight is 250 g/mol. The second-order valence-corrected chi connectivity index (χ2v) is 4.65. The molecule has 0 aromatic heterocycles. The highest BCUT2D eigenvalue weighted by Crippen LogP contribution is 2.23. The lowest BCUT2D eigenvalue weighted by Crippen LogP contribution is -2.31. The molecule has 1 aromatic rings. The Hall–Kier alpha value is -1.55. The third kappa shape index (κ3) is 4.75. The third-order valence-corrected chi connectivity index (χ3v) is 2.45. The first-order valence-electron chi connectivity index (χ1n) is 6.27. The first kappa shape index (κ1) is 14.5. The molecule has 0 bridgehead atoms. The van der Waals surface area contributed by atoms with E-state index in [1.807, 2.05) is 45.0 Å². The molecule has 0 saturated carbocycles. The molecule has 0 saturated heterocycles. The van der Waals surface area contributed by atoms with Gasteiger partial charge in [0.05, 0.1) is 13.0 Å². The van der Waals surface area contributed by atoms with Gasteiger partial charge in [-0.1, -0.05) is 18.2 Å². The van der Waals surface area contributed by atoms with Crippen molar-refractivity contribution in [3.63, 3.8) is 0 Å². The number of hydrogen-bond donors (Lipinski definition) is 2. The van der Waals surface area contributed by atoms with E-state index in [-0.39, 0.29) is 18.0 Å². The minimum Gasteiger partial charge on any atom is -0.493 e. The van der Waals surface area contributed by atoms with Crippen LogP contribution in [0.1, 0.15) is 38.8 Å². The number of hydrogen-bond acceptors (Lipinski definition) is 3. The summed E-state index contributed by atoms with van der Waals surface area (Å²) in [4.78, 5) is 11.4. The lowest BCUT2D eigenvalue weighted by molar-refractivity contribution is -0.122. The number of nitrogens with one attached hydrogen (secondary N) is 1. The van der Waals surface area contributed by atoms with Crippen LogP contribution >= 0.6 is 0 Å². The molecular weight excluding hydrogens is 228 g/mol. The molecule has 4 heteroatoms. The first-order valence-corrected chi connectivity index (χ1v) is 6.27. The van der Waals surface area contributed by atoms with Crippen molar-refractivity contribution in [2.45, 2.75) is 39.3 Å². The molecule has 0 fully saturated rings. The molecule has 0 heterocycles. The van der Waals surface area contributed by atoms with Crippen LogP contribution in [0.5, 0.6) is 5.75 Å². The molecule has 3 N–H and O–H groups in total. The predicted octanol–water partition coefficient (Wildman–Crippen LogP) is 2.00. The summed E-state index contributed by atoms with van der Waals surface area (Å²) in [7, 11) is 0. The van der Waals surface area contributed by atoms with Crippen molar-refractivity contribution in [3.8, 4) is 5.75 Å². The van der Waals surface area contributed by atoms with E-state index < -0.39 is 0 Å². The molecule has 100 valence electrons. The van der Waals surface area contributed by atoms with E-state index in [1.165, 1.54) is 0 Å². The Morgan fingerprint density at radius 2 is 2.00 bits per heavy atom. The second kappa shape index (κ2) is 7.01. The highest BCUT2D eigenvalue weighted by atomic mass is 16.5. The van der Waals surface area contributed by atoms with Gasteiger partial charge in [-0.25, -0.2) is 0 Å². The quantitative estimate of drug-likeness (QED) is 0.811. The Labute approximate surface area is 109 Å². The van der Waals surface area contributed by atoms with E-state index in [4.69, 9.17) is 10.5 Å². The van der Waals surface area contributed by atoms with Crippen LogP contribution in [0.25, 0.3) is 0 Å². The molecule has 1 amide bonds. The van der Waals surface area contributed by atoms with E-state index in [0.29, 0.717) is 13.0 Å². The first-order chi connectivity index (χ1) is 8.50. The minimum absolute atomic E-state index is 0.00304. The lowest BCUT2D eigenvalue weighted by atomic mass is 10.1. The maximum Gasteiger partial charge on any atom is 0.223 e. The normalized spacial score (nSPS) is 12.3. The predicted molar refractivity (Wildman–Crippen MR) is 72.4 cm³/mol. The molecule has 1 aromatic carbocycles. The summed E-state index contributed by atoms with van der Waals surface area (Å²) < 4.78 is 5.61. The van der Waals surface area contributed by atoms with Gasteiger partial charge in [0, 0.05) is 17.6 Å². The summed E-state index contributed by atoms with van der Waals surface area (Å²) in [5, 5.41) is 2.82. The van der Waals surface area contributed by atoms with E-state index in [1.54, 1.807) is 0 Å². The number of amides is 1.